The van der Waals surface area contributed by atoms with E-state index in [1.165, 1.54) is 36.4 Å². The van der Waals surface area contributed by atoms with E-state index >= 15 is 0 Å². The van der Waals surface area contributed by atoms with Crippen LogP contribution in [-0.2, 0) is 0 Å². The van der Waals surface area contributed by atoms with Crippen molar-refractivity contribution >= 4 is 29.0 Å². The fourth-order valence-corrected chi connectivity index (χ4v) is 1.83. The van der Waals surface area contributed by atoms with Crippen LogP contribution in [0.1, 0.15) is 15.9 Å². The molecule has 0 amide bonds. The molecule has 0 aliphatic rings. The lowest BCUT2D eigenvalue weighted by atomic mass is 10.0. The molecule has 86 valence electrons. The molecule has 0 unspecified atom stereocenters. The summed E-state index contributed by atoms with van der Waals surface area (Å²) in [6.07, 6.45) is 0. The first kappa shape index (κ1) is 12.1. The van der Waals surface area contributed by atoms with Crippen LogP contribution in [0.4, 0.5) is 4.39 Å². The van der Waals surface area contributed by atoms with Crippen molar-refractivity contribution in [3.63, 3.8) is 0 Å². The average Bonchev–Trinajstić information content (AvgIpc) is 2.31. The van der Waals surface area contributed by atoms with Crippen LogP contribution in [0.2, 0.25) is 10.0 Å². The van der Waals surface area contributed by atoms with Crippen LogP contribution in [0, 0.1) is 5.82 Å². The summed E-state index contributed by atoms with van der Waals surface area (Å²) < 4.78 is 13.0. The van der Waals surface area contributed by atoms with Crippen LogP contribution in [0.3, 0.4) is 0 Å². The molecule has 0 saturated heterocycles. The summed E-state index contributed by atoms with van der Waals surface area (Å²) in [5, 5.41) is 0.706. The van der Waals surface area contributed by atoms with E-state index in [1.54, 1.807) is 6.07 Å². The van der Waals surface area contributed by atoms with Gasteiger partial charge >= 0.3 is 0 Å². The van der Waals surface area contributed by atoms with Crippen molar-refractivity contribution in [1.82, 2.24) is 0 Å². The molecule has 0 fully saturated rings. The minimum absolute atomic E-state index is 0.245. The molecule has 0 N–H and O–H groups in total. The second kappa shape index (κ2) is 4.86. The van der Waals surface area contributed by atoms with Crippen LogP contribution in [0.15, 0.2) is 42.5 Å². The van der Waals surface area contributed by atoms with Crippen molar-refractivity contribution in [2.45, 2.75) is 0 Å². The number of carbonyl (C=O) groups is 1. The van der Waals surface area contributed by atoms with Crippen molar-refractivity contribution in [3.05, 3.63) is 69.5 Å². The van der Waals surface area contributed by atoms with Crippen molar-refractivity contribution in [3.8, 4) is 0 Å². The lowest BCUT2D eigenvalue weighted by Crippen LogP contribution is -2.02. The van der Waals surface area contributed by atoms with E-state index in [-0.39, 0.29) is 16.9 Å². The molecule has 2 rings (SSSR count). The van der Waals surface area contributed by atoms with Gasteiger partial charge < -0.3 is 0 Å². The molecule has 2 aromatic rings. The summed E-state index contributed by atoms with van der Waals surface area (Å²) in [4.78, 5) is 12.1. The van der Waals surface area contributed by atoms with E-state index in [1.807, 2.05) is 0 Å². The molecule has 0 saturated carbocycles. The summed E-state index contributed by atoms with van der Waals surface area (Å²) in [7, 11) is 0. The standard InChI is InChI=1S/C13H7Cl2FO/c14-9-4-5-12(15)11(7-9)13(17)8-2-1-3-10(16)6-8/h1-7H. The molecule has 17 heavy (non-hydrogen) atoms. The third kappa shape index (κ3) is 2.65. The highest BCUT2D eigenvalue weighted by Crippen LogP contribution is 2.23. The fourth-order valence-electron chi connectivity index (χ4n) is 1.46. The summed E-state index contributed by atoms with van der Waals surface area (Å²) in [5.41, 5.74) is 0.513. The number of rotatable bonds is 2. The first-order valence-electron chi connectivity index (χ1n) is 4.83. The van der Waals surface area contributed by atoms with Crippen LogP contribution in [-0.4, -0.2) is 5.78 Å². The monoisotopic (exact) mass is 268 g/mol. The molecule has 1 nitrogen and oxygen atoms in total. The second-order valence-electron chi connectivity index (χ2n) is 3.46. The number of hydrogen-bond acceptors (Lipinski definition) is 1. The second-order valence-corrected chi connectivity index (χ2v) is 4.31. The largest absolute Gasteiger partial charge is 0.289 e. The quantitative estimate of drug-likeness (QED) is 0.740. The van der Waals surface area contributed by atoms with Crippen LogP contribution < -0.4 is 0 Å². The van der Waals surface area contributed by atoms with Crippen LogP contribution in [0.25, 0.3) is 0 Å². The lowest BCUT2D eigenvalue weighted by molar-refractivity contribution is 0.103. The Labute approximate surface area is 108 Å². The number of ketones is 1. The molecule has 0 radical (unpaired) electrons. The molecule has 4 heteroatoms. The van der Waals surface area contributed by atoms with E-state index < -0.39 is 5.82 Å². The van der Waals surface area contributed by atoms with Gasteiger partial charge in [-0.2, -0.15) is 0 Å². The Balaban J connectivity index is 2.47. The molecule has 2 aromatic carbocycles. The Morgan fingerprint density at radius 1 is 1.06 bits per heavy atom. The summed E-state index contributed by atoms with van der Waals surface area (Å²) >= 11 is 11.7. The van der Waals surface area contributed by atoms with Crippen LogP contribution in [0.5, 0.6) is 0 Å². The van der Waals surface area contributed by atoms with Crippen molar-refractivity contribution in [2.24, 2.45) is 0 Å². The van der Waals surface area contributed by atoms with Crippen molar-refractivity contribution in [2.75, 3.05) is 0 Å². The zero-order valence-corrected chi connectivity index (χ0v) is 10.1. The summed E-state index contributed by atoms with van der Waals surface area (Å²) in [6, 6.07) is 10.0. The van der Waals surface area contributed by atoms with Gasteiger partial charge in [0.2, 0.25) is 0 Å². The summed E-state index contributed by atoms with van der Waals surface area (Å²) in [5.74, 6) is -0.814. The van der Waals surface area contributed by atoms with Gasteiger partial charge in [0.05, 0.1) is 5.02 Å². The maximum absolute atomic E-state index is 13.0. The average molecular weight is 269 g/mol. The minimum Gasteiger partial charge on any atom is -0.289 e. The van der Waals surface area contributed by atoms with E-state index in [9.17, 15) is 9.18 Å². The Bertz CT molecular complexity index is 581. The normalized spacial score (nSPS) is 10.3. The molecule has 0 spiro atoms. The van der Waals surface area contributed by atoms with E-state index in [4.69, 9.17) is 23.2 Å². The SMILES string of the molecule is O=C(c1cccc(F)c1)c1cc(Cl)ccc1Cl. The highest BCUT2D eigenvalue weighted by molar-refractivity contribution is 6.36. The topological polar surface area (TPSA) is 17.1 Å². The van der Waals surface area contributed by atoms with Gasteiger partial charge in [0.15, 0.2) is 5.78 Å². The molecule has 0 bridgehead atoms. The molecule has 0 aliphatic carbocycles. The van der Waals surface area contributed by atoms with Crippen molar-refractivity contribution in [1.29, 1.82) is 0 Å². The van der Waals surface area contributed by atoms with E-state index in [0.717, 1.165) is 0 Å². The van der Waals surface area contributed by atoms with Crippen molar-refractivity contribution < 1.29 is 9.18 Å². The van der Waals surface area contributed by atoms with Gasteiger partial charge in [-0.3, -0.25) is 4.79 Å². The Kier molecular flexibility index (Phi) is 3.46. The third-order valence-electron chi connectivity index (χ3n) is 2.26. The molecule has 0 aliphatic heterocycles. The number of hydrogen-bond donors (Lipinski definition) is 0. The van der Waals surface area contributed by atoms with Gasteiger partial charge in [0, 0.05) is 16.1 Å². The van der Waals surface area contributed by atoms with Gasteiger partial charge in [0.25, 0.3) is 0 Å². The maximum atomic E-state index is 13.0. The van der Waals surface area contributed by atoms with Gasteiger partial charge in [-0.15, -0.1) is 0 Å². The van der Waals surface area contributed by atoms with E-state index in [2.05, 4.69) is 0 Å². The molecular formula is C13H7Cl2FO. The predicted octanol–water partition coefficient (Wildman–Crippen LogP) is 4.36. The third-order valence-corrected chi connectivity index (χ3v) is 2.82. The maximum Gasteiger partial charge on any atom is 0.194 e. The first-order valence-corrected chi connectivity index (χ1v) is 5.59. The molecule has 0 aromatic heterocycles. The highest BCUT2D eigenvalue weighted by Gasteiger charge is 2.13. The van der Waals surface area contributed by atoms with E-state index in [0.29, 0.717) is 10.0 Å². The number of halogens is 3. The zero-order valence-electron chi connectivity index (χ0n) is 8.58. The minimum atomic E-state index is -0.464. The molecular weight excluding hydrogens is 262 g/mol. The summed E-state index contributed by atoms with van der Waals surface area (Å²) in [6.45, 7) is 0. The first-order chi connectivity index (χ1) is 8.08. The van der Waals surface area contributed by atoms with Gasteiger partial charge in [-0.25, -0.2) is 4.39 Å². The van der Waals surface area contributed by atoms with Gasteiger partial charge in [0.1, 0.15) is 5.82 Å². The Morgan fingerprint density at radius 3 is 2.53 bits per heavy atom. The fraction of sp³-hybridized carbons (Fsp3) is 0. The zero-order chi connectivity index (χ0) is 12.4. The molecule has 0 atom stereocenters. The number of carbonyl (C=O) groups excluding carboxylic acids is 1. The van der Waals surface area contributed by atoms with Gasteiger partial charge in [-0.05, 0) is 30.3 Å². The smallest absolute Gasteiger partial charge is 0.194 e. The lowest BCUT2D eigenvalue weighted by Gasteiger charge is -2.04. The Morgan fingerprint density at radius 2 is 1.82 bits per heavy atom. The molecule has 0 heterocycles. The predicted molar refractivity (Wildman–Crippen MR) is 66.3 cm³/mol. The highest BCUT2D eigenvalue weighted by atomic mass is 35.5. The van der Waals surface area contributed by atoms with Crippen LogP contribution >= 0.6 is 23.2 Å². The Hall–Kier alpha value is -1.38. The number of benzene rings is 2. The van der Waals surface area contributed by atoms with Gasteiger partial charge in [-0.1, -0.05) is 35.3 Å².